The van der Waals surface area contributed by atoms with Gasteiger partial charge in [-0.1, -0.05) is 137 Å². The summed E-state index contributed by atoms with van der Waals surface area (Å²) >= 11 is 1.59. The number of hydrogen-bond acceptors (Lipinski definition) is 10. The molecule has 0 aliphatic carbocycles. The molecule has 4 unspecified atom stereocenters. The summed E-state index contributed by atoms with van der Waals surface area (Å²) in [5, 5.41) is 6.35. The quantitative estimate of drug-likeness (QED) is 0.0654. The fourth-order valence-electron chi connectivity index (χ4n) is 7.38. The van der Waals surface area contributed by atoms with Gasteiger partial charge in [0, 0.05) is 22.6 Å². The molecule has 2 heterocycles. The molecule has 53 heavy (non-hydrogen) atoms. The van der Waals surface area contributed by atoms with Crippen molar-refractivity contribution in [2.45, 2.75) is 108 Å². The number of carbonyl (C=O) groups is 1. The van der Waals surface area contributed by atoms with Crippen LogP contribution in [0, 0.1) is 17.8 Å². The van der Waals surface area contributed by atoms with Crippen molar-refractivity contribution in [2.24, 2.45) is 22.9 Å². The molecule has 2 aliphatic heterocycles. The fourth-order valence-corrected chi connectivity index (χ4v) is 13.1. The summed E-state index contributed by atoms with van der Waals surface area (Å²) in [5.41, 5.74) is 9.36. The maximum atomic E-state index is 12.4. The SMILES string of the molecule is CC(=O)O[C@H]1C(C)[C@H](Sc2ccccc2)OC(C)[C@H]1O[C@H]1OC(CO[Si](c2ccccc2)(c2ccccc2)C(C)(C)C)[C@@H](C)[C@H](C)C1N=[N+]=[N-].O=C=O. The number of hydrogen-bond donors (Lipinski definition) is 0. The van der Waals surface area contributed by atoms with Crippen molar-refractivity contribution in [2.75, 3.05) is 6.61 Å². The lowest BCUT2D eigenvalue weighted by atomic mass is 9.82. The highest BCUT2D eigenvalue weighted by atomic mass is 32.2. The third kappa shape index (κ3) is 9.86. The fraction of sp³-hybridized carbons (Fsp3) is 0.500. The zero-order chi connectivity index (χ0) is 38.8. The van der Waals surface area contributed by atoms with Crippen molar-refractivity contribution in [1.29, 1.82) is 0 Å². The Bertz CT molecular complexity index is 1650. The predicted molar refractivity (Wildman–Crippen MR) is 205 cm³/mol. The van der Waals surface area contributed by atoms with Gasteiger partial charge < -0.3 is 23.4 Å². The summed E-state index contributed by atoms with van der Waals surface area (Å²) in [6.45, 7) is 16.6. The Hall–Kier alpha value is -3.77. The molecule has 13 heteroatoms. The first-order valence-electron chi connectivity index (χ1n) is 17.9. The lowest BCUT2D eigenvalue weighted by Crippen LogP contribution is -2.67. The first kappa shape index (κ1) is 42.0. The van der Waals surface area contributed by atoms with Gasteiger partial charge in [-0.3, -0.25) is 4.79 Å². The smallest absolute Gasteiger partial charge is 0.373 e. The summed E-state index contributed by atoms with van der Waals surface area (Å²) in [7, 11) is -2.85. The van der Waals surface area contributed by atoms with Gasteiger partial charge in [-0.05, 0) is 51.8 Å². The maximum Gasteiger partial charge on any atom is 0.373 e. The van der Waals surface area contributed by atoms with Crippen LogP contribution in [0.4, 0.5) is 0 Å². The molecule has 0 radical (unpaired) electrons. The van der Waals surface area contributed by atoms with Crippen molar-refractivity contribution < 1.29 is 37.8 Å². The van der Waals surface area contributed by atoms with E-state index >= 15 is 0 Å². The van der Waals surface area contributed by atoms with E-state index in [0.29, 0.717) is 6.61 Å². The van der Waals surface area contributed by atoms with E-state index in [1.165, 1.54) is 17.3 Å². The van der Waals surface area contributed by atoms with Crippen LogP contribution in [-0.4, -0.2) is 69.2 Å². The van der Waals surface area contributed by atoms with E-state index < -0.39 is 44.9 Å². The summed E-state index contributed by atoms with van der Waals surface area (Å²) in [6.07, 6.45) is -2.76. The van der Waals surface area contributed by atoms with E-state index in [-0.39, 0.29) is 40.5 Å². The van der Waals surface area contributed by atoms with Gasteiger partial charge in [0.25, 0.3) is 8.32 Å². The molecule has 0 N–H and O–H groups in total. The normalized spacial score (nSPS) is 28.7. The lowest BCUT2D eigenvalue weighted by Gasteiger charge is -2.49. The maximum absolute atomic E-state index is 12.4. The number of thioether (sulfide) groups is 1. The minimum Gasteiger partial charge on any atom is -0.459 e. The van der Waals surface area contributed by atoms with Crippen molar-refractivity contribution in [3.8, 4) is 0 Å². The van der Waals surface area contributed by atoms with E-state index in [2.05, 4.69) is 93.2 Å². The molecule has 0 amide bonds. The van der Waals surface area contributed by atoms with Crippen LogP contribution < -0.4 is 10.4 Å². The Balaban J connectivity index is 0.00000202. The Morgan fingerprint density at radius 2 is 1.38 bits per heavy atom. The Labute approximate surface area is 317 Å². The molecule has 284 valence electrons. The molecule has 10 atom stereocenters. The summed E-state index contributed by atoms with van der Waals surface area (Å²) in [6, 6.07) is 30.4. The van der Waals surface area contributed by atoms with Gasteiger partial charge in [-0.25, -0.2) is 0 Å². The molecule has 0 bridgehead atoms. The van der Waals surface area contributed by atoms with Gasteiger partial charge in [0.2, 0.25) is 0 Å². The van der Waals surface area contributed by atoms with Crippen molar-refractivity contribution >= 4 is 42.6 Å². The Morgan fingerprint density at radius 3 is 1.87 bits per heavy atom. The highest BCUT2D eigenvalue weighted by Crippen LogP contribution is 2.42. The standard InChI is InChI=1S/C39H51N3O6SSi.CO2/c1-25-26(2)34(41-42-40)37(48-36-28(4)45-38(27(3)35(36)46-29(5)43)49-30-18-12-9-13-19-30)47-33(25)24-44-50(39(6,7)8,31-20-14-10-15-21-31)32-22-16-11-17-23-32;2-1-3/h9-23,25-28,33-38H,24H2,1-8H3;/t25-,26-,27?,28?,33?,34?,35-,36+,37+,38-;/m0./s1. The average Bonchev–Trinajstić information content (AvgIpc) is 3.13. The zero-order valence-corrected chi connectivity index (χ0v) is 33.5. The third-order valence-electron chi connectivity index (χ3n) is 10.3. The van der Waals surface area contributed by atoms with E-state index in [9.17, 15) is 10.3 Å². The summed E-state index contributed by atoms with van der Waals surface area (Å²) in [4.78, 5) is 32.9. The molecule has 3 aromatic carbocycles. The molecule has 3 aromatic rings. The van der Waals surface area contributed by atoms with Gasteiger partial charge in [0.05, 0.1) is 24.9 Å². The molecule has 2 fully saturated rings. The Kier molecular flexibility index (Phi) is 15.1. The zero-order valence-electron chi connectivity index (χ0n) is 31.7. The molecule has 11 nitrogen and oxygen atoms in total. The molecular formula is C40H51N3O8SSi. The van der Waals surface area contributed by atoms with Crippen molar-refractivity contribution in [1.82, 2.24) is 0 Å². The number of ether oxygens (including phenoxy) is 4. The molecule has 0 aromatic heterocycles. The number of carbonyl (C=O) groups excluding carboxylic acids is 3. The molecular weight excluding hydrogens is 711 g/mol. The predicted octanol–water partition coefficient (Wildman–Crippen LogP) is 7.15. The highest BCUT2D eigenvalue weighted by molar-refractivity contribution is 7.99. The van der Waals surface area contributed by atoms with Crippen molar-refractivity contribution in [3.63, 3.8) is 0 Å². The number of benzene rings is 3. The molecule has 5 rings (SSSR count). The molecule has 2 aliphatic rings. The van der Waals surface area contributed by atoms with Gasteiger partial charge in [0.15, 0.2) is 6.29 Å². The van der Waals surface area contributed by atoms with Crippen LogP contribution in [0.3, 0.4) is 0 Å². The molecule has 0 saturated carbocycles. The highest BCUT2D eigenvalue weighted by Gasteiger charge is 2.53. The second kappa shape index (κ2) is 19.0. The number of rotatable bonds is 11. The summed E-state index contributed by atoms with van der Waals surface area (Å²) < 4.78 is 33.3. The number of azide groups is 1. The van der Waals surface area contributed by atoms with Crippen LogP contribution in [0.5, 0.6) is 0 Å². The first-order chi connectivity index (χ1) is 25.3. The first-order valence-corrected chi connectivity index (χ1v) is 20.7. The minimum absolute atomic E-state index is 0.0153. The average molecular weight is 762 g/mol. The van der Waals surface area contributed by atoms with Crippen LogP contribution in [0.1, 0.15) is 55.4 Å². The summed E-state index contributed by atoms with van der Waals surface area (Å²) in [5.74, 6) is -0.721. The Morgan fingerprint density at radius 1 is 0.849 bits per heavy atom. The van der Waals surface area contributed by atoms with Gasteiger partial charge >= 0.3 is 12.1 Å². The van der Waals surface area contributed by atoms with Crippen LogP contribution in [0.25, 0.3) is 10.4 Å². The molecule has 0 spiro atoms. The van der Waals surface area contributed by atoms with E-state index in [0.717, 1.165) is 4.90 Å². The van der Waals surface area contributed by atoms with Crippen LogP contribution in [0.2, 0.25) is 5.04 Å². The van der Waals surface area contributed by atoms with Crippen LogP contribution >= 0.6 is 11.8 Å². The van der Waals surface area contributed by atoms with Crippen molar-refractivity contribution in [3.05, 3.63) is 101 Å². The minimum atomic E-state index is -2.85. The van der Waals surface area contributed by atoms with Crippen LogP contribution in [0.15, 0.2) is 101 Å². The topological polar surface area (TPSA) is 146 Å². The van der Waals surface area contributed by atoms with E-state index in [1.807, 2.05) is 56.3 Å². The van der Waals surface area contributed by atoms with Gasteiger partial charge in [-0.2, -0.15) is 9.59 Å². The monoisotopic (exact) mass is 761 g/mol. The second-order valence-electron chi connectivity index (χ2n) is 14.7. The second-order valence-corrected chi connectivity index (χ2v) is 20.2. The lowest BCUT2D eigenvalue weighted by molar-refractivity contribution is -0.293. The van der Waals surface area contributed by atoms with E-state index in [1.54, 1.807) is 11.8 Å². The molecule has 2 saturated heterocycles. The number of nitrogens with zero attached hydrogens (tertiary/aromatic N) is 3. The van der Waals surface area contributed by atoms with Gasteiger partial charge in [-0.15, -0.1) is 0 Å². The van der Waals surface area contributed by atoms with Crippen LogP contribution in [-0.2, 0) is 37.8 Å². The van der Waals surface area contributed by atoms with E-state index in [4.69, 9.17) is 33.0 Å². The third-order valence-corrected chi connectivity index (χ3v) is 16.6. The number of esters is 1. The van der Waals surface area contributed by atoms with Gasteiger partial charge in [0.1, 0.15) is 17.6 Å². The largest absolute Gasteiger partial charge is 0.459 e.